The molecular formula is C15H21N3OS. The molecule has 1 atom stereocenters. The summed E-state index contributed by atoms with van der Waals surface area (Å²) in [5.74, 6) is 0.0805. The van der Waals surface area contributed by atoms with Crippen LogP contribution in [-0.2, 0) is 4.79 Å². The van der Waals surface area contributed by atoms with Crippen LogP contribution < -0.4 is 10.7 Å². The van der Waals surface area contributed by atoms with Crippen molar-refractivity contribution in [2.45, 2.75) is 45.2 Å². The molecule has 0 radical (unpaired) electrons. The Morgan fingerprint density at radius 3 is 2.55 bits per heavy atom. The van der Waals surface area contributed by atoms with Crippen molar-refractivity contribution in [2.24, 2.45) is 0 Å². The third-order valence-electron chi connectivity index (χ3n) is 3.11. The molecule has 1 amide bonds. The van der Waals surface area contributed by atoms with Crippen molar-refractivity contribution >= 4 is 23.2 Å². The van der Waals surface area contributed by atoms with Crippen LogP contribution in [-0.4, -0.2) is 21.6 Å². The molecule has 0 aliphatic carbocycles. The van der Waals surface area contributed by atoms with Gasteiger partial charge in [-0.25, -0.2) is 5.01 Å². The molecule has 0 saturated carbocycles. The summed E-state index contributed by atoms with van der Waals surface area (Å²) in [5.41, 5.74) is 4.04. The number of nitrogens with zero attached hydrogens (tertiary/aromatic N) is 1. The van der Waals surface area contributed by atoms with Crippen molar-refractivity contribution < 1.29 is 4.79 Å². The van der Waals surface area contributed by atoms with Crippen molar-refractivity contribution in [3.8, 4) is 0 Å². The number of hydrogen-bond acceptors (Lipinski definition) is 2. The lowest BCUT2D eigenvalue weighted by Gasteiger charge is -2.30. The summed E-state index contributed by atoms with van der Waals surface area (Å²) >= 11 is 5.28. The van der Waals surface area contributed by atoms with Gasteiger partial charge in [0.1, 0.15) is 0 Å². The number of hydrogen-bond donors (Lipinski definition) is 2. The van der Waals surface area contributed by atoms with Crippen molar-refractivity contribution in [2.75, 3.05) is 0 Å². The minimum atomic E-state index is -0.130. The van der Waals surface area contributed by atoms with Crippen LogP contribution in [0.2, 0.25) is 0 Å². The fourth-order valence-electron chi connectivity index (χ4n) is 2.29. The first-order chi connectivity index (χ1) is 9.37. The van der Waals surface area contributed by atoms with Crippen LogP contribution in [0.1, 0.15) is 45.2 Å². The average Bonchev–Trinajstić information content (AvgIpc) is 2.70. The molecular weight excluding hydrogens is 270 g/mol. The molecule has 0 aromatic heterocycles. The highest BCUT2D eigenvalue weighted by Crippen LogP contribution is 2.30. The largest absolute Gasteiger partial charge is 0.357 e. The molecule has 1 aromatic carbocycles. The Balaban J connectivity index is 2.08. The molecule has 1 aromatic rings. The van der Waals surface area contributed by atoms with Crippen molar-refractivity contribution in [1.82, 2.24) is 15.8 Å². The molecule has 4 nitrogen and oxygen atoms in total. The Bertz CT molecular complexity index is 496. The Labute approximate surface area is 125 Å². The minimum Gasteiger partial charge on any atom is -0.357 e. The predicted molar refractivity (Wildman–Crippen MR) is 83.9 cm³/mol. The third kappa shape index (κ3) is 3.70. The molecule has 2 rings (SSSR count). The molecule has 1 heterocycles. The van der Waals surface area contributed by atoms with Gasteiger partial charge in [0.25, 0.3) is 0 Å². The minimum absolute atomic E-state index is 0.0448. The predicted octanol–water partition coefficient (Wildman–Crippen LogP) is 2.53. The highest BCUT2D eigenvalue weighted by molar-refractivity contribution is 7.80. The molecule has 5 heteroatoms. The highest BCUT2D eigenvalue weighted by Gasteiger charge is 2.33. The van der Waals surface area contributed by atoms with E-state index < -0.39 is 0 Å². The Hall–Kier alpha value is -1.62. The maximum Gasteiger partial charge on any atom is 0.241 e. The molecule has 2 N–H and O–H groups in total. The highest BCUT2D eigenvalue weighted by atomic mass is 32.1. The first kappa shape index (κ1) is 14.8. The lowest BCUT2D eigenvalue weighted by atomic mass is 10.1. The van der Waals surface area contributed by atoms with Crippen LogP contribution in [0.25, 0.3) is 0 Å². The maximum absolute atomic E-state index is 12.0. The van der Waals surface area contributed by atoms with E-state index in [9.17, 15) is 4.79 Å². The fourth-order valence-corrected chi connectivity index (χ4v) is 2.70. The van der Waals surface area contributed by atoms with Gasteiger partial charge in [0.15, 0.2) is 5.11 Å². The number of benzene rings is 1. The van der Waals surface area contributed by atoms with Gasteiger partial charge in [0.05, 0.1) is 6.04 Å². The summed E-state index contributed by atoms with van der Waals surface area (Å²) in [7, 11) is 0. The van der Waals surface area contributed by atoms with Gasteiger partial charge < -0.3 is 5.32 Å². The molecule has 1 aliphatic rings. The number of amides is 1. The van der Waals surface area contributed by atoms with Crippen LogP contribution in [0.15, 0.2) is 30.3 Å². The van der Waals surface area contributed by atoms with E-state index in [2.05, 4.69) is 10.7 Å². The summed E-state index contributed by atoms with van der Waals surface area (Å²) in [6.07, 6.45) is 1.36. The van der Waals surface area contributed by atoms with Crippen LogP contribution in [0.5, 0.6) is 0 Å². The van der Waals surface area contributed by atoms with E-state index in [-0.39, 0.29) is 17.5 Å². The Kier molecular flexibility index (Phi) is 4.28. The molecule has 0 spiro atoms. The summed E-state index contributed by atoms with van der Waals surface area (Å²) < 4.78 is 0. The van der Waals surface area contributed by atoms with E-state index in [1.54, 1.807) is 5.01 Å². The second-order valence-corrected chi connectivity index (χ2v) is 6.45. The summed E-state index contributed by atoms with van der Waals surface area (Å²) in [5, 5.41) is 5.29. The zero-order valence-electron chi connectivity index (χ0n) is 12.1. The van der Waals surface area contributed by atoms with E-state index in [0.29, 0.717) is 11.5 Å². The van der Waals surface area contributed by atoms with Gasteiger partial charge in [0.2, 0.25) is 5.91 Å². The van der Waals surface area contributed by atoms with Crippen LogP contribution in [0, 0.1) is 0 Å². The van der Waals surface area contributed by atoms with E-state index in [1.807, 2.05) is 51.1 Å². The van der Waals surface area contributed by atoms with Gasteiger partial charge >= 0.3 is 0 Å². The van der Waals surface area contributed by atoms with Crippen LogP contribution >= 0.6 is 12.2 Å². The number of carbonyl (C=O) groups is 1. The maximum atomic E-state index is 12.0. The van der Waals surface area contributed by atoms with Gasteiger partial charge in [-0.05, 0) is 45.0 Å². The second kappa shape index (κ2) is 5.79. The van der Waals surface area contributed by atoms with Gasteiger partial charge in [-0.1, -0.05) is 30.3 Å². The fraction of sp³-hybridized carbons (Fsp3) is 0.467. The summed E-state index contributed by atoms with van der Waals surface area (Å²) in [6, 6.07) is 10.1. The number of hydrazine groups is 1. The zero-order chi connectivity index (χ0) is 14.8. The van der Waals surface area contributed by atoms with Gasteiger partial charge in [-0.3, -0.25) is 10.2 Å². The van der Waals surface area contributed by atoms with Crippen LogP contribution in [0.3, 0.4) is 0 Å². The number of nitrogens with one attached hydrogen (secondary N) is 2. The van der Waals surface area contributed by atoms with Crippen molar-refractivity contribution in [3.05, 3.63) is 35.9 Å². The van der Waals surface area contributed by atoms with Crippen molar-refractivity contribution in [1.29, 1.82) is 0 Å². The number of rotatable bonds is 2. The number of carbonyl (C=O) groups excluding carboxylic acids is 1. The third-order valence-corrected chi connectivity index (χ3v) is 3.30. The number of thiocarbonyl (C=S) groups is 1. The molecule has 0 bridgehead atoms. The quantitative estimate of drug-likeness (QED) is 0.822. The lowest BCUT2D eigenvalue weighted by molar-refractivity contribution is -0.130. The van der Waals surface area contributed by atoms with Gasteiger partial charge in [-0.2, -0.15) is 0 Å². The van der Waals surface area contributed by atoms with E-state index in [1.165, 1.54) is 0 Å². The summed E-state index contributed by atoms with van der Waals surface area (Å²) in [6.45, 7) is 6.09. The average molecular weight is 291 g/mol. The molecule has 1 saturated heterocycles. The molecule has 108 valence electrons. The molecule has 1 unspecified atom stereocenters. The normalized spacial score (nSPS) is 19.1. The topological polar surface area (TPSA) is 44.4 Å². The lowest BCUT2D eigenvalue weighted by Crippen LogP contribution is -2.53. The molecule has 1 aliphatic heterocycles. The second-order valence-electron chi connectivity index (χ2n) is 6.04. The molecule has 1 fully saturated rings. The van der Waals surface area contributed by atoms with Gasteiger partial charge in [-0.15, -0.1) is 0 Å². The first-order valence-electron chi connectivity index (χ1n) is 6.82. The Morgan fingerprint density at radius 2 is 1.95 bits per heavy atom. The van der Waals surface area contributed by atoms with E-state index in [4.69, 9.17) is 12.2 Å². The monoisotopic (exact) mass is 291 g/mol. The van der Waals surface area contributed by atoms with E-state index >= 15 is 0 Å². The first-order valence-corrected chi connectivity index (χ1v) is 7.23. The smallest absolute Gasteiger partial charge is 0.241 e. The molecule has 20 heavy (non-hydrogen) atoms. The summed E-state index contributed by atoms with van der Waals surface area (Å²) in [4.78, 5) is 12.0. The standard InChI is InChI=1S/C15H21N3OS/c1-15(2,3)16-14(20)17-18-12(9-10-13(18)19)11-7-5-4-6-8-11/h4-8,12H,9-10H2,1-3H3,(H2,16,17,20). The SMILES string of the molecule is CC(C)(C)NC(=S)NN1C(=O)CCC1c1ccccc1. The van der Waals surface area contributed by atoms with Gasteiger partial charge in [0, 0.05) is 12.0 Å². The Morgan fingerprint density at radius 1 is 1.30 bits per heavy atom. The van der Waals surface area contributed by atoms with E-state index in [0.717, 1.165) is 12.0 Å². The van der Waals surface area contributed by atoms with Crippen molar-refractivity contribution in [3.63, 3.8) is 0 Å². The van der Waals surface area contributed by atoms with Crippen LogP contribution in [0.4, 0.5) is 0 Å². The zero-order valence-corrected chi connectivity index (χ0v) is 13.0.